The van der Waals surface area contributed by atoms with Crippen molar-refractivity contribution < 1.29 is 0 Å². The quantitative estimate of drug-likeness (QED) is 0.578. The third kappa shape index (κ3) is 2.78. The number of piperidine rings is 1. The number of hydrogen-bond donors (Lipinski definition) is 0. The van der Waals surface area contributed by atoms with Crippen LogP contribution in [0.25, 0.3) is 0 Å². The van der Waals surface area contributed by atoms with E-state index in [1.807, 2.05) is 0 Å². The van der Waals surface area contributed by atoms with E-state index in [1.165, 1.54) is 43.4 Å². The molecule has 1 aliphatic heterocycles. The molecule has 2 aromatic carbocycles. The Labute approximate surface area is 196 Å². The van der Waals surface area contributed by atoms with Gasteiger partial charge in [0.05, 0.1) is 0 Å². The van der Waals surface area contributed by atoms with Crippen LogP contribution in [0.1, 0.15) is 67.9 Å². The Bertz CT molecular complexity index is 1010. The van der Waals surface area contributed by atoms with Crippen molar-refractivity contribution in [1.29, 1.82) is 0 Å². The van der Waals surface area contributed by atoms with Crippen molar-refractivity contribution in [3.8, 4) is 0 Å². The van der Waals surface area contributed by atoms with Gasteiger partial charge >= 0.3 is 0 Å². The second-order valence-electron chi connectivity index (χ2n) is 12.0. The van der Waals surface area contributed by atoms with Crippen molar-refractivity contribution in [2.24, 2.45) is 10.8 Å². The van der Waals surface area contributed by atoms with Gasteiger partial charge in [-0.3, -0.25) is 4.90 Å². The van der Waals surface area contributed by atoms with E-state index in [-0.39, 0.29) is 10.8 Å². The summed E-state index contributed by atoms with van der Waals surface area (Å²) in [7, 11) is 4.75. The van der Waals surface area contributed by atoms with E-state index in [9.17, 15) is 0 Å². The number of fused-ring (bicyclic) bond motifs is 1. The van der Waals surface area contributed by atoms with E-state index in [4.69, 9.17) is 0 Å². The molecule has 0 aromatic heterocycles. The number of rotatable bonds is 3. The summed E-state index contributed by atoms with van der Waals surface area (Å²) in [5.41, 5.74) is 8.54. The smallest absolute Gasteiger partial charge is 0.0233 e. The Morgan fingerprint density at radius 2 is 1.72 bits per heavy atom. The first-order chi connectivity index (χ1) is 15.1. The summed E-state index contributed by atoms with van der Waals surface area (Å²) < 4.78 is 0. The fraction of sp³-hybridized carbons (Fsp3) is 0.600. The van der Waals surface area contributed by atoms with Crippen LogP contribution in [0.5, 0.6) is 0 Å². The normalized spacial score (nSPS) is 33.6. The van der Waals surface area contributed by atoms with Gasteiger partial charge < -0.3 is 4.90 Å². The van der Waals surface area contributed by atoms with Crippen LogP contribution >= 0.6 is 0 Å². The lowest BCUT2D eigenvalue weighted by Crippen LogP contribution is -2.74. The van der Waals surface area contributed by atoms with Crippen molar-refractivity contribution in [1.82, 2.24) is 9.80 Å². The average Bonchev–Trinajstić information content (AvgIpc) is 2.74. The van der Waals surface area contributed by atoms with E-state index in [0.29, 0.717) is 17.5 Å². The van der Waals surface area contributed by atoms with Crippen LogP contribution < -0.4 is 0 Å². The van der Waals surface area contributed by atoms with Gasteiger partial charge in [0.15, 0.2) is 0 Å². The van der Waals surface area contributed by atoms with Crippen LogP contribution in [-0.2, 0) is 18.4 Å². The minimum atomic E-state index is 0.191. The highest BCUT2D eigenvalue weighted by atomic mass is 15.2. The van der Waals surface area contributed by atoms with Crippen molar-refractivity contribution in [3.05, 3.63) is 70.3 Å². The Kier molecular flexibility index (Phi) is 5.15. The molecule has 3 aliphatic rings. The van der Waals surface area contributed by atoms with Gasteiger partial charge in [-0.05, 0) is 98.8 Å². The fourth-order valence-electron chi connectivity index (χ4n) is 8.79. The molecule has 5 rings (SSSR count). The third-order valence-corrected chi connectivity index (χ3v) is 10.4. The van der Waals surface area contributed by atoms with Crippen LogP contribution in [-0.4, -0.2) is 42.5 Å². The zero-order valence-corrected chi connectivity index (χ0v) is 21.3. The lowest BCUT2D eigenvalue weighted by atomic mass is 9.36. The molecule has 1 saturated heterocycles. The highest BCUT2D eigenvalue weighted by molar-refractivity contribution is 5.52. The molecule has 2 heteroatoms. The number of aryl methyl sites for hydroxylation is 1. The van der Waals surface area contributed by atoms with Gasteiger partial charge in [-0.1, -0.05) is 63.2 Å². The SMILES string of the molecule is Cc1ccc2c(c1C)[C@]13CCN(C)[C@@H](C2)C1(C)CCC(N(C)Cc1ccccc1)C3(C)C. The minimum Gasteiger partial charge on any atom is -0.302 e. The van der Waals surface area contributed by atoms with E-state index in [1.54, 1.807) is 16.7 Å². The van der Waals surface area contributed by atoms with E-state index >= 15 is 0 Å². The van der Waals surface area contributed by atoms with Crippen molar-refractivity contribution >= 4 is 0 Å². The maximum atomic E-state index is 2.69. The average molecular weight is 431 g/mol. The molecule has 0 spiro atoms. The maximum absolute atomic E-state index is 2.69. The summed E-state index contributed by atoms with van der Waals surface area (Å²) in [6.45, 7) is 14.9. The van der Waals surface area contributed by atoms with E-state index < -0.39 is 0 Å². The standard InChI is InChI=1S/C30H42N2/c1-21-13-14-24-19-26-29(5)16-15-25(32(7)20-23-11-9-8-10-12-23)28(3,4)30(29,17-18-31(26)6)27(24)22(21)2/h8-14,25-26H,15-20H2,1-7H3/t25?,26-,29?,30-/m0/s1. The Hall–Kier alpha value is -1.64. The Balaban J connectivity index is 1.66. The summed E-state index contributed by atoms with van der Waals surface area (Å²) in [5.74, 6) is 0. The lowest BCUT2D eigenvalue weighted by molar-refractivity contribution is -0.163. The van der Waals surface area contributed by atoms with E-state index in [0.717, 1.165) is 6.54 Å². The molecule has 2 nitrogen and oxygen atoms in total. The first-order valence-electron chi connectivity index (χ1n) is 12.7. The predicted molar refractivity (Wildman–Crippen MR) is 135 cm³/mol. The molecule has 4 atom stereocenters. The number of likely N-dealkylation sites (tertiary alicyclic amines) is 1. The fourth-order valence-corrected chi connectivity index (χ4v) is 8.79. The predicted octanol–water partition coefficient (Wildman–Crippen LogP) is 6.13. The van der Waals surface area contributed by atoms with Gasteiger partial charge in [0.2, 0.25) is 0 Å². The topological polar surface area (TPSA) is 6.48 Å². The molecule has 2 unspecified atom stereocenters. The zero-order chi connectivity index (χ0) is 22.9. The third-order valence-electron chi connectivity index (χ3n) is 10.4. The summed E-state index contributed by atoms with van der Waals surface area (Å²) >= 11 is 0. The largest absolute Gasteiger partial charge is 0.302 e. The molecule has 2 aromatic rings. The highest BCUT2D eigenvalue weighted by Gasteiger charge is 2.69. The van der Waals surface area contributed by atoms with Gasteiger partial charge in [0, 0.05) is 24.0 Å². The Morgan fingerprint density at radius 1 is 1.00 bits per heavy atom. The molecule has 2 aliphatic carbocycles. The zero-order valence-electron chi connectivity index (χ0n) is 21.3. The molecular weight excluding hydrogens is 388 g/mol. The van der Waals surface area contributed by atoms with Gasteiger partial charge in [0.1, 0.15) is 0 Å². The summed E-state index contributed by atoms with van der Waals surface area (Å²) in [6, 6.07) is 17.1. The van der Waals surface area contributed by atoms with Crippen LogP contribution in [0.3, 0.4) is 0 Å². The summed E-state index contributed by atoms with van der Waals surface area (Å²) in [4.78, 5) is 5.37. The molecular formula is C30H42N2. The molecule has 172 valence electrons. The number of nitrogens with zero attached hydrogens (tertiary/aromatic N) is 2. The van der Waals surface area contributed by atoms with Crippen LogP contribution in [0.15, 0.2) is 42.5 Å². The molecule has 2 bridgehead atoms. The van der Waals surface area contributed by atoms with Gasteiger partial charge in [0.25, 0.3) is 0 Å². The molecule has 1 saturated carbocycles. The van der Waals surface area contributed by atoms with Gasteiger partial charge in [-0.25, -0.2) is 0 Å². The maximum Gasteiger partial charge on any atom is 0.0233 e. The first kappa shape index (κ1) is 22.2. The van der Waals surface area contributed by atoms with Gasteiger partial charge in [-0.2, -0.15) is 0 Å². The molecule has 32 heavy (non-hydrogen) atoms. The molecule has 0 N–H and O–H groups in total. The Morgan fingerprint density at radius 3 is 2.44 bits per heavy atom. The first-order valence-corrected chi connectivity index (χ1v) is 12.7. The number of benzene rings is 2. The summed E-state index contributed by atoms with van der Waals surface area (Å²) in [6.07, 6.45) is 5.10. The number of hydrogen-bond acceptors (Lipinski definition) is 2. The highest BCUT2D eigenvalue weighted by Crippen LogP contribution is 2.70. The van der Waals surface area contributed by atoms with Crippen molar-refractivity contribution in [3.63, 3.8) is 0 Å². The summed E-state index contributed by atoms with van der Waals surface area (Å²) in [5, 5.41) is 0. The molecule has 0 radical (unpaired) electrons. The second kappa shape index (κ2) is 7.43. The van der Waals surface area contributed by atoms with Crippen molar-refractivity contribution in [2.45, 2.75) is 84.3 Å². The van der Waals surface area contributed by atoms with Crippen LogP contribution in [0.4, 0.5) is 0 Å². The lowest BCUT2D eigenvalue weighted by Gasteiger charge is -2.73. The minimum absolute atomic E-state index is 0.191. The van der Waals surface area contributed by atoms with Crippen LogP contribution in [0, 0.1) is 24.7 Å². The molecule has 2 fully saturated rings. The molecule has 1 heterocycles. The van der Waals surface area contributed by atoms with E-state index in [2.05, 4.69) is 101 Å². The van der Waals surface area contributed by atoms with Gasteiger partial charge in [-0.15, -0.1) is 0 Å². The second-order valence-corrected chi connectivity index (χ2v) is 12.0. The number of likely N-dealkylation sites (N-methyl/N-ethyl adjacent to an activating group) is 1. The molecule has 0 amide bonds. The van der Waals surface area contributed by atoms with Crippen LogP contribution in [0.2, 0.25) is 0 Å². The van der Waals surface area contributed by atoms with Crippen molar-refractivity contribution in [2.75, 3.05) is 20.6 Å². The monoisotopic (exact) mass is 430 g/mol.